The summed E-state index contributed by atoms with van der Waals surface area (Å²) in [7, 11) is 2.09. The van der Waals surface area contributed by atoms with E-state index >= 15 is 0 Å². The Morgan fingerprint density at radius 1 is 1.45 bits per heavy atom. The van der Waals surface area contributed by atoms with Gasteiger partial charge in [-0.15, -0.1) is 0 Å². The highest BCUT2D eigenvalue weighted by atomic mass is 16.3. The van der Waals surface area contributed by atoms with Crippen LogP contribution in [0.4, 0.5) is 0 Å². The molecule has 0 aromatic heterocycles. The van der Waals surface area contributed by atoms with Crippen LogP contribution < -0.4 is 0 Å². The molecule has 1 N–H and O–H groups in total. The fourth-order valence-corrected chi connectivity index (χ4v) is 2.03. The molecular weight excluding hydrogens is 138 g/mol. The fourth-order valence-electron chi connectivity index (χ4n) is 2.03. The Hall–Kier alpha value is -0.0800. The van der Waals surface area contributed by atoms with Crippen LogP contribution in [-0.2, 0) is 0 Å². The number of piperidine rings is 1. The minimum atomic E-state index is -0.0784. The first-order valence-corrected chi connectivity index (χ1v) is 4.59. The molecule has 0 aromatic carbocycles. The summed E-state index contributed by atoms with van der Waals surface area (Å²) >= 11 is 0. The molecule has 2 atom stereocenters. The van der Waals surface area contributed by atoms with Crippen LogP contribution in [0.5, 0.6) is 0 Å². The SMILES string of the molecule is CCC[C@@H]1C[C@H](O)CN(C)C1. The van der Waals surface area contributed by atoms with Crippen molar-refractivity contribution in [3.8, 4) is 0 Å². The second kappa shape index (κ2) is 4.07. The molecule has 1 aliphatic heterocycles. The summed E-state index contributed by atoms with van der Waals surface area (Å²) in [5, 5.41) is 9.43. The monoisotopic (exact) mass is 157 g/mol. The average molecular weight is 157 g/mol. The van der Waals surface area contributed by atoms with Crippen LogP contribution in [0.25, 0.3) is 0 Å². The van der Waals surface area contributed by atoms with E-state index < -0.39 is 0 Å². The van der Waals surface area contributed by atoms with Gasteiger partial charge in [-0.2, -0.15) is 0 Å². The normalized spacial score (nSPS) is 34.1. The average Bonchev–Trinajstić information content (AvgIpc) is 1.85. The minimum absolute atomic E-state index is 0.0784. The molecule has 1 fully saturated rings. The molecule has 1 aliphatic rings. The lowest BCUT2D eigenvalue weighted by molar-refractivity contribution is 0.0503. The molecule has 0 spiro atoms. The van der Waals surface area contributed by atoms with Gasteiger partial charge in [0.25, 0.3) is 0 Å². The first kappa shape index (κ1) is 9.01. The van der Waals surface area contributed by atoms with Gasteiger partial charge in [0.15, 0.2) is 0 Å². The van der Waals surface area contributed by atoms with Gasteiger partial charge in [0.05, 0.1) is 6.10 Å². The minimum Gasteiger partial charge on any atom is -0.392 e. The van der Waals surface area contributed by atoms with Crippen LogP contribution in [0, 0.1) is 5.92 Å². The lowest BCUT2D eigenvalue weighted by atomic mass is 9.92. The number of hydrogen-bond donors (Lipinski definition) is 1. The predicted molar refractivity (Wildman–Crippen MR) is 46.5 cm³/mol. The molecule has 2 nitrogen and oxygen atoms in total. The lowest BCUT2D eigenvalue weighted by Gasteiger charge is -2.32. The van der Waals surface area contributed by atoms with Crippen molar-refractivity contribution in [1.82, 2.24) is 4.90 Å². The number of aliphatic hydroxyl groups is 1. The number of nitrogens with zero attached hydrogens (tertiary/aromatic N) is 1. The van der Waals surface area contributed by atoms with Gasteiger partial charge in [-0.05, 0) is 25.8 Å². The van der Waals surface area contributed by atoms with Gasteiger partial charge in [0.2, 0.25) is 0 Å². The van der Waals surface area contributed by atoms with E-state index in [0.717, 1.165) is 18.9 Å². The number of rotatable bonds is 2. The smallest absolute Gasteiger partial charge is 0.0670 e. The fraction of sp³-hybridized carbons (Fsp3) is 1.00. The summed E-state index contributed by atoms with van der Waals surface area (Å²) in [6, 6.07) is 0. The topological polar surface area (TPSA) is 23.5 Å². The largest absolute Gasteiger partial charge is 0.392 e. The molecule has 1 rings (SSSR count). The third-order valence-corrected chi connectivity index (χ3v) is 2.39. The zero-order valence-corrected chi connectivity index (χ0v) is 7.58. The van der Waals surface area contributed by atoms with Crippen molar-refractivity contribution in [2.75, 3.05) is 20.1 Å². The highest BCUT2D eigenvalue weighted by Crippen LogP contribution is 2.19. The summed E-state index contributed by atoms with van der Waals surface area (Å²) in [5.74, 6) is 0.730. The Balaban J connectivity index is 2.30. The van der Waals surface area contributed by atoms with Crippen molar-refractivity contribution >= 4 is 0 Å². The lowest BCUT2D eigenvalue weighted by Crippen LogP contribution is -2.40. The van der Waals surface area contributed by atoms with Gasteiger partial charge in [-0.1, -0.05) is 13.3 Å². The highest BCUT2D eigenvalue weighted by Gasteiger charge is 2.22. The van der Waals surface area contributed by atoms with Gasteiger partial charge < -0.3 is 10.0 Å². The molecular formula is C9H19NO. The molecule has 1 heterocycles. The quantitative estimate of drug-likeness (QED) is 0.649. The number of hydrogen-bond acceptors (Lipinski definition) is 2. The molecule has 0 amide bonds. The van der Waals surface area contributed by atoms with Crippen LogP contribution in [0.15, 0.2) is 0 Å². The second-order valence-corrected chi connectivity index (χ2v) is 3.77. The molecule has 0 unspecified atom stereocenters. The molecule has 1 saturated heterocycles. The molecule has 0 aromatic rings. The van der Waals surface area contributed by atoms with E-state index in [1.54, 1.807) is 0 Å². The Bertz CT molecular complexity index is 106. The van der Waals surface area contributed by atoms with Gasteiger partial charge in [0.1, 0.15) is 0 Å². The number of β-amino-alcohol motifs (C(OH)–C–C–N with tert-alkyl or cyclic N) is 1. The molecule has 2 heteroatoms. The van der Waals surface area contributed by atoms with Crippen molar-refractivity contribution in [3.05, 3.63) is 0 Å². The highest BCUT2D eigenvalue weighted by molar-refractivity contribution is 4.76. The Morgan fingerprint density at radius 3 is 2.73 bits per heavy atom. The Labute approximate surface area is 69.2 Å². The van der Waals surface area contributed by atoms with Crippen LogP contribution >= 0.6 is 0 Å². The first-order valence-electron chi connectivity index (χ1n) is 4.59. The van der Waals surface area contributed by atoms with Gasteiger partial charge in [-0.25, -0.2) is 0 Å². The summed E-state index contributed by atoms with van der Waals surface area (Å²) in [6.07, 6.45) is 3.44. The summed E-state index contributed by atoms with van der Waals surface area (Å²) in [4.78, 5) is 2.23. The molecule has 0 radical (unpaired) electrons. The van der Waals surface area contributed by atoms with E-state index in [1.807, 2.05) is 0 Å². The number of likely N-dealkylation sites (tertiary alicyclic amines) is 1. The standard InChI is InChI=1S/C9H19NO/c1-3-4-8-5-9(11)7-10(2)6-8/h8-9,11H,3-7H2,1-2H3/t8-,9+/m1/s1. The van der Waals surface area contributed by atoms with Crippen molar-refractivity contribution < 1.29 is 5.11 Å². The van der Waals surface area contributed by atoms with Gasteiger partial charge in [0, 0.05) is 13.1 Å². The van der Waals surface area contributed by atoms with E-state index in [9.17, 15) is 5.11 Å². The van der Waals surface area contributed by atoms with Crippen LogP contribution in [0.2, 0.25) is 0 Å². The van der Waals surface area contributed by atoms with Crippen molar-refractivity contribution in [1.29, 1.82) is 0 Å². The van der Waals surface area contributed by atoms with Crippen LogP contribution in [0.1, 0.15) is 26.2 Å². The second-order valence-electron chi connectivity index (χ2n) is 3.77. The third-order valence-electron chi connectivity index (χ3n) is 2.39. The van der Waals surface area contributed by atoms with E-state index in [2.05, 4.69) is 18.9 Å². The van der Waals surface area contributed by atoms with Crippen LogP contribution in [0.3, 0.4) is 0 Å². The van der Waals surface area contributed by atoms with Gasteiger partial charge in [-0.3, -0.25) is 0 Å². The molecule has 0 bridgehead atoms. The van der Waals surface area contributed by atoms with Crippen molar-refractivity contribution in [2.24, 2.45) is 5.92 Å². The van der Waals surface area contributed by atoms with E-state index in [4.69, 9.17) is 0 Å². The molecule has 66 valence electrons. The maximum absolute atomic E-state index is 9.43. The summed E-state index contributed by atoms with van der Waals surface area (Å²) < 4.78 is 0. The van der Waals surface area contributed by atoms with Gasteiger partial charge >= 0.3 is 0 Å². The molecule has 0 saturated carbocycles. The Kier molecular flexibility index (Phi) is 3.34. The number of aliphatic hydroxyl groups excluding tert-OH is 1. The maximum atomic E-state index is 9.43. The van der Waals surface area contributed by atoms with Crippen molar-refractivity contribution in [2.45, 2.75) is 32.3 Å². The molecule has 0 aliphatic carbocycles. The summed E-state index contributed by atoms with van der Waals surface area (Å²) in [5.41, 5.74) is 0. The van der Waals surface area contributed by atoms with E-state index in [-0.39, 0.29) is 6.10 Å². The van der Waals surface area contributed by atoms with Crippen LogP contribution in [-0.4, -0.2) is 36.2 Å². The zero-order valence-electron chi connectivity index (χ0n) is 7.58. The Morgan fingerprint density at radius 2 is 2.18 bits per heavy atom. The zero-order chi connectivity index (χ0) is 8.27. The van der Waals surface area contributed by atoms with E-state index in [0.29, 0.717) is 0 Å². The molecule has 11 heavy (non-hydrogen) atoms. The predicted octanol–water partition coefficient (Wildman–Crippen LogP) is 1.10. The summed E-state index contributed by atoms with van der Waals surface area (Å²) in [6.45, 7) is 4.24. The maximum Gasteiger partial charge on any atom is 0.0670 e. The first-order chi connectivity index (χ1) is 5.22. The third kappa shape index (κ3) is 2.80. The van der Waals surface area contributed by atoms with Crippen molar-refractivity contribution in [3.63, 3.8) is 0 Å². The van der Waals surface area contributed by atoms with E-state index in [1.165, 1.54) is 19.4 Å². The number of likely N-dealkylation sites (N-methyl/N-ethyl adjacent to an activating group) is 1.